The molecule has 0 aliphatic rings. The molecule has 0 heterocycles. The van der Waals surface area contributed by atoms with Gasteiger partial charge >= 0.3 is 5.97 Å². The zero-order valence-electron chi connectivity index (χ0n) is 8.38. The molecule has 0 saturated carbocycles. The molecule has 0 atom stereocenters. The number of carboxylic acid groups (broad SMARTS) is 1. The standard InChI is InChI=1S/C8H11N3O4S/c9-1-2-16-5-7(13)11(3-6(10)12)4-8(14)15/h2-5H2,(H2,10,12)(H,14,15). The van der Waals surface area contributed by atoms with Gasteiger partial charge in [0.2, 0.25) is 11.8 Å². The quantitative estimate of drug-likeness (QED) is 0.534. The van der Waals surface area contributed by atoms with Crippen LogP contribution in [0.5, 0.6) is 0 Å². The highest BCUT2D eigenvalue weighted by molar-refractivity contribution is 8.00. The van der Waals surface area contributed by atoms with Crippen molar-refractivity contribution in [2.45, 2.75) is 0 Å². The third kappa shape index (κ3) is 6.67. The smallest absolute Gasteiger partial charge is 0.323 e. The molecule has 0 fully saturated rings. The minimum absolute atomic E-state index is 0.0475. The lowest BCUT2D eigenvalue weighted by Gasteiger charge is -2.18. The Bertz CT molecular complexity index is 310. The third-order valence-corrected chi connectivity index (χ3v) is 2.20. The van der Waals surface area contributed by atoms with Crippen molar-refractivity contribution in [3.05, 3.63) is 0 Å². The first-order valence-corrected chi connectivity index (χ1v) is 5.35. The maximum atomic E-state index is 11.4. The van der Waals surface area contributed by atoms with Crippen molar-refractivity contribution in [1.29, 1.82) is 5.26 Å². The van der Waals surface area contributed by atoms with E-state index in [0.717, 1.165) is 16.7 Å². The van der Waals surface area contributed by atoms with E-state index in [0.29, 0.717) is 0 Å². The van der Waals surface area contributed by atoms with Crippen molar-refractivity contribution in [3.63, 3.8) is 0 Å². The zero-order valence-corrected chi connectivity index (χ0v) is 9.20. The Morgan fingerprint density at radius 2 is 2.00 bits per heavy atom. The molecule has 0 aliphatic heterocycles. The van der Waals surface area contributed by atoms with E-state index in [1.54, 1.807) is 0 Å². The molecular formula is C8H11N3O4S. The number of nitrogens with zero attached hydrogens (tertiary/aromatic N) is 2. The average Bonchev–Trinajstić information content (AvgIpc) is 2.15. The summed E-state index contributed by atoms with van der Waals surface area (Å²) >= 11 is 1.05. The molecule has 0 saturated heterocycles. The fourth-order valence-corrected chi connectivity index (χ4v) is 1.41. The minimum atomic E-state index is -1.22. The molecule has 2 amide bonds. The van der Waals surface area contributed by atoms with Gasteiger partial charge in [-0.25, -0.2) is 0 Å². The van der Waals surface area contributed by atoms with Crippen LogP contribution in [0.1, 0.15) is 0 Å². The summed E-state index contributed by atoms with van der Waals surface area (Å²) in [7, 11) is 0. The Labute approximate surface area is 96.2 Å². The van der Waals surface area contributed by atoms with Crippen LogP contribution in [0, 0.1) is 11.3 Å². The van der Waals surface area contributed by atoms with Gasteiger partial charge in [-0.2, -0.15) is 5.26 Å². The summed E-state index contributed by atoms with van der Waals surface area (Å²) in [6, 6.07) is 1.83. The summed E-state index contributed by atoms with van der Waals surface area (Å²) in [5.41, 5.74) is 4.88. The largest absolute Gasteiger partial charge is 0.480 e. The van der Waals surface area contributed by atoms with Crippen LogP contribution in [0.2, 0.25) is 0 Å². The second kappa shape index (κ2) is 7.53. The fraction of sp³-hybridized carbons (Fsp3) is 0.500. The number of primary amides is 1. The van der Waals surface area contributed by atoms with Crippen LogP contribution in [-0.2, 0) is 14.4 Å². The molecule has 0 aliphatic carbocycles. The van der Waals surface area contributed by atoms with Crippen molar-refractivity contribution in [3.8, 4) is 6.07 Å². The summed E-state index contributed by atoms with van der Waals surface area (Å²) < 4.78 is 0. The molecule has 0 spiro atoms. The monoisotopic (exact) mass is 245 g/mol. The van der Waals surface area contributed by atoms with Crippen LogP contribution in [0.25, 0.3) is 0 Å². The van der Waals surface area contributed by atoms with Crippen molar-refractivity contribution in [2.24, 2.45) is 5.73 Å². The molecule has 0 radical (unpaired) electrons. The summed E-state index contributed by atoms with van der Waals surface area (Å²) in [5.74, 6) is -2.45. The second-order valence-corrected chi connectivity index (χ2v) is 3.75. The maximum absolute atomic E-state index is 11.4. The molecule has 7 nitrogen and oxygen atoms in total. The summed E-state index contributed by atoms with van der Waals surface area (Å²) in [5, 5.41) is 16.8. The van der Waals surface area contributed by atoms with E-state index in [2.05, 4.69) is 0 Å². The third-order valence-electron chi connectivity index (χ3n) is 1.42. The Hall–Kier alpha value is -1.75. The molecule has 16 heavy (non-hydrogen) atoms. The van der Waals surface area contributed by atoms with Crippen LogP contribution >= 0.6 is 11.8 Å². The lowest BCUT2D eigenvalue weighted by atomic mass is 10.4. The summed E-state index contributed by atoms with van der Waals surface area (Å²) in [4.78, 5) is 33.3. The van der Waals surface area contributed by atoms with Crippen molar-refractivity contribution in [1.82, 2.24) is 4.90 Å². The number of carbonyl (C=O) groups is 3. The van der Waals surface area contributed by atoms with Gasteiger partial charge in [-0.05, 0) is 0 Å². The van der Waals surface area contributed by atoms with Gasteiger partial charge in [-0.15, -0.1) is 11.8 Å². The van der Waals surface area contributed by atoms with Gasteiger partial charge < -0.3 is 15.7 Å². The van der Waals surface area contributed by atoms with Crippen molar-refractivity contribution in [2.75, 3.05) is 24.6 Å². The molecule has 88 valence electrons. The van der Waals surface area contributed by atoms with Gasteiger partial charge in [0, 0.05) is 0 Å². The number of nitriles is 1. The molecule has 0 bridgehead atoms. The minimum Gasteiger partial charge on any atom is -0.480 e. The predicted molar refractivity (Wildman–Crippen MR) is 56.3 cm³/mol. The maximum Gasteiger partial charge on any atom is 0.323 e. The van der Waals surface area contributed by atoms with E-state index < -0.39 is 30.9 Å². The normalized spacial score (nSPS) is 9.19. The molecule has 3 N–H and O–H groups in total. The number of carboxylic acids is 1. The first-order valence-electron chi connectivity index (χ1n) is 4.20. The lowest BCUT2D eigenvalue weighted by molar-refractivity contribution is -0.144. The van der Waals surface area contributed by atoms with E-state index in [-0.39, 0.29) is 11.5 Å². The molecule has 0 aromatic rings. The van der Waals surface area contributed by atoms with Gasteiger partial charge in [0.05, 0.1) is 24.1 Å². The SMILES string of the molecule is N#CCSCC(=O)N(CC(N)=O)CC(=O)O. The number of aliphatic carboxylic acids is 1. The Kier molecular flexibility index (Phi) is 6.71. The van der Waals surface area contributed by atoms with E-state index >= 15 is 0 Å². The summed E-state index contributed by atoms with van der Waals surface area (Å²) in [6.07, 6.45) is 0. The van der Waals surface area contributed by atoms with Gasteiger partial charge in [-0.3, -0.25) is 14.4 Å². The molecule has 0 aromatic carbocycles. The number of thioether (sulfide) groups is 1. The fourth-order valence-electron chi connectivity index (χ4n) is 0.859. The number of amides is 2. The van der Waals surface area contributed by atoms with Crippen LogP contribution in [0.3, 0.4) is 0 Å². The number of rotatable bonds is 7. The zero-order chi connectivity index (χ0) is 12.6. The van der Waals surface area contributed by atoms with Gasteiger partial charge in [0.15, 0.2) is 0 Å². The van der Waals surface area contributed by atoms with Crippen LogP contribution in [-0.4, -0.2) is 52.4 Å². The van der Waals surface area contributed by atoms with E-state index in [9.17, 15) is 14.4 Å². The van der Waals surface area contributed by atoms with Crippen LogP contribution in [0.4, 0.5) is 0 Å². The highest BCUT2D eigenvalue weighted by atomic mass is 32.2. The van der Waals surface area contributed by atoms with Crippen molar-refractivity contribution >= 4 is 29.5 Å². The predicted octanol–water partition coefficient (Wildman–Crippen LogP) is -1.36. The van der Waals surface area contributed by atoms with Crippen molar-refractivity contribution < 1.29 is 19.5 Å². The lowest BCUT2D eigenvalue weighted by Crippen LogP contribution is -2.42. The number of hydrogen-bond acceptors (Lipinski definition) is 5. The Morgan fingerprint density at radius 3 is 2.44 bits per heavy atom. The second-order valence-electron chi connectivity index (χ2n) is 2.76. The van der Waals surface area contributed by atoms with Crippen LogP contribution < -0.4 is 5.73 Å². The first-order chi connectivity index (χ1) is 7.47. The summed E-state index contributed by atoms with van der Waals surface area (Å²) in [6.45, 7) is -1.01. The molecule has 8 heteroatoms. The van der Waals surface area contributed by atoms with E-state index in [4.69, 9.17) is 16.1 Å². The Morgan fingerprint density at radius 1 is 1.38 bits per heavy atom. The highest BCUT2D eigenvalue weighted by Crippen LogP contribution is 2.01. The Balaban J connectivity index is 4.26. The number of carbonyl (C=O) groups excluding carboxylic acids is 2. The first kappa shape index (κ1) is 14.2. The van der Waals surface area contributed by atoms with E-state index in [1.165, 1.54) is 0 Å². The van der Waals surface area contributed by atoms with E-state index in [1.807, 2.05) is 6.07 Å². The molecule has 0 aromatic heterocycles. The number of hydrogen-bond donors (Lipinski definition) is 2. The average molecular weight is 245 g/mol. The van der Waals surface area contributed by atoms with Gasteiger partial charge in [-0.1, -0.05) is 0 Å². The van der Waals surface area contributed by atoms with Gasteiger partial charge in [0.1, 0.15) is 6.54 Å². The molecule has 0 unspecified atom stereocenters. The van der Waals surface area contributed by atoms with Crippen LogP contribution in [0.15, 0.2) is 0 Å². The topological polar surface area (TPSA) is 124 Å². The number of nitrogens with two attached hydrogens (primary N) is 1. The highest BCUT2D eigenvalue weighted by Gasteiger charge is 2.18. The van der Waals surface area contributed by atoms with Gasteiger partial charge in [0.25, 0.3) is 0 Å². The molecular weight excluding hydrogens is 234 g/mol. The molecule has 0 rings (SSSR count).